The van der Waals surface area contributed by atoms with E-state index in [1.165, 1.54) is 0 Å². The molecule has 10 nitrogen and oxygen atoms in total. The Balaban J connectivity index is 0.00000625. The largest absolute Gasteiger partial charge is 3.00 e. The van der Waals surface area contributed by atoms with Crippen molar-refractivity contribution in [3.05, 3.63) is 0 Å². The second-order valence-electron chi connectivity index (χ2n) is 6.25. The second kappa shape index (κ2) is 13.7. The average molecular weight is 515 g/mol. The first-order chi connectivity index (χ1) is 11.8. The van der Waals surface area contributed by atoms with Gasteiger partial charge in [-0.2, -0.15) is 0 Å². The molecule has 0 bridgehead atoms. The maximum absolute atomic E-state index is 10.9. The van der Waals surface area contributed by atoms with Crippen molar-refractivity contribution in [3.8, 4) is 0 Å². The van der Waals surface area contributed by atoms with E-state index >= 15 is 0 Å². The number of aliphatic carboxylic acids is 3. The van der Waals surface area contributed by atoms with Crippen molar-refractivity contribution in [2.45, 2.75) is 0 Å². The molecule has 1 aliphatic rings. The summed E-state index contributed by atoms with van der Waals surface area (Å²) in [5, 5.41) is 32.7. The van der Waals surface area contributed by atoms with Crippen LogP contribution in [0.4, 0.5) is 0 Å². The van der Waals surface area contributed by atoms with E-state index in [4.69, 9.17) is 0 Å². The van der Waals surface area contributed by atoms with Gasteiger partial charge in [-0.1, -0.05) is 0 Å². The zero-order valence-corrected chi connectivity index (χ0v) is 17.1. The van der Waals surface area contributed by atoms with Gasteiger partial charge in [-0.3, -0.25) is 14.7 Å². The Bertz CT molecular complexity index is 435. The molecule has 0 aromatic rings. The van der Waals surface area contributed by atoms with Crippen molar-refractivity contribution in [2.75, 3.05) is 79.0 Å². The molecule has 11 heteroatoms. The maximum atomic E-state index is 10.9. The quantitative estimate of drug-likeness (QED) is 0.337. The zero-order valence-electron chi connectivity index (χ0n) is 14.9. The summed E-state index contributed by atoms with van der Waals surface area (Å²) in [7, 11) is 1.88. The van der Waals surface area contributed by atoms with Crippen molar-refractivity contribution in [1.29, 1.82) is 0 Å². The van der Waals surface area contributed by atoms with Crippen LogP contribution in [0.25, 0.3) is 0 Å². The van der Waals surface area contributed by atoms with Crippen LogP contribution in [-0.2, 0) is 14.4 Å². The molecule has 0 unspecified atom stereocenters. The first-order valence-electron chi connectivity index (χ1n) is 8.21. The molecule has 0 saturated carbocycles. The molecule has 1 radical (unpaired) electrons. The molecule has 0 amide bonds. The molecule has 0 N–H and O–H groups in total. The number of nitrogens with zero attached hydrogens (tertiary/aromatic N) is 4. The van der Waals surface area contributed by atoms with Gasteiger partial charge in [0.1, 0.15) is 0 Å². The van der Waals surface area contributed by atoms with Crippen LogP contribution in [0.2, 0.25) is 0 Å². The smallest absolute Gasteiger partial charge is 0.549 e. The molecule has 1 saturated heterocycles. The van der Waals surface area contributed by atoms with Crippen molar-refractivity contribution >= 4 is 17.9 Å². The minimum Gasteiger partial charge on any atom is -0.549 e. The van der Waals surface area contributed by atoms with Crippen LogP contribution in [-0.4, -0.2) is 117 Å². The fourth-order valence-electron chi connectivity index (χ4n) is 2.66. The van der Waals surface area contributed by atoms with E-state index in [1.54, 1.807) is 14.7 Å². The van der Waals surface area contributed by atoms with E-state index in [2.05, 4.69) is 0 Å². The Kier molecular flexibility index (Phi) is 13.5. The average Bonchev–Trinajstić information content (AvgIpc) is 2.49. The molecule has 1 rings (SSSR count). The fraction of sp³-hybridized carbons (Fsp3) is 0.800. The first-order valence-corrected chi connectivity index (χ1v) is 8.21. The summed E-state index contributed by atoms with van der Waals surface area (Å²) in [4.78, 5) is 39.7. The van der Waals surface area contributed by atoms with Crippen LogP contribution < -0.4 is 15.3 Å². The van der Waals surface area contributed by atoms with E-state index in [-0.39, 0.29) is 59.6 Å². The SMILES string of the molecule is CN1CCN(CC(=O)[O-])CCN(CC(=O)[O-])CCN(CC(=O)[O-])CC1.[Gd+3]. The first kappa shape index (κ1) is 25.6. The Morgan fingerprint density at radius 3 is 1.08 bits per heavy atom. The Morgan fingerprint density at radius 1 is 0.615 bits per heavy atom. The molecule has 1 fully saturated rings. The molecular formula is C15H25GdN4O6. The predicted octanol–water partition coefficient (Wildman–Crippen LogP) is -5.91. The normalized spacial score (nSPS) is 19.7. The summed E-state index contributed by atoms with van der Waals surface area (Å²) in [6.07, 6.45) is 0. The number of likely N-dealkylation sites (N-methyl/N-ethyl adjacent to an activating group) is 1. The molecule has 0 aliphatic carbocycles. The van der Waals surface area contributed by atoms with Crippen LogP contribution in [0.1, 0.15) is 0 Å². The molecule has 1 aliphatic heterocycles. The Hall–Kier alpha value is -0.425. The van der Waals surface area contributed by atoms with Gasteiger partial charge in [0.25, 0.3) is 0 Å². The standard InChI is InChI=1S/C15H28N4O6.Gd/c1-16-2-4-17(10-13(20)21)6-8-19(12-15(24)25)9-7-18(5-3-16)11-14(22)23;/h2-12H2,1H3,(H,20,21)(H,22,23)(H,24,25);/q;+3/p-3. The van der Waals surface area contributed by atoms with Gasteiger partial charge in [0.2, 0.25) is 0 Å². The summed E-state index contributed by atoms with van der Waals surface area (Å²) in [5.41, 5.74) is 0. The summed E-state index contributed by atoms with van der Waals surface area (Å²) >= 11 is 0. The van der Waals surface area contributed by atoms with E-state index < -0.39 is 17.9 Å². The van der Waals surface area contributed by atoms with Gasteiger partial charge in [-0.25, -0.2) is 0 Å². The summed E-state index contributed by atoms with van der Waals surface area (Å²) < 4.78 is 0. The molecular weight excluding hydrogens is 489 g/mol. The van der Waals surface area contributed by atoms with Crippen LogP contribution in [0.5, 0.6) is 0 Å². The number of rotatable bonds is 6. The number of hydrogen-bond acceptors (Lipinski definition) is 10. The van der Waals surface area contributed by atoms with Crippen LogP contribution >= 0.6 is 0 Å². The second-order valence-corrected chi connectivity index (χ2v) is 6.25. The number of carboxylic acid groups (broad SMARTS) is 3. The fourth-order valence-corrected chi connectivity index (χ4v) is 2.66. The van der Waals surface area contributed by atoms with Gasteiger partial charge >= 0.3 is 39.9 Å². The van der Waals surface area contributed by atoms with Crippen molar-refractivity contribution in [1.82, 2.24) is 19.6 Å². The van der Waals surface area contributed by atoms with Gasteiger partial charge in [-0.05, 0) is 7.05 Å². The minimum atomic E-state index is -1.23. The van der Waals surface area contributed by atoms with Crippen molar-refractivity contribution in [3.63, 3.8) is 0 Å². The monoisotopic (exact) mass is 515 g/mol. The Labute approximate surface area is 185 Å². The van der Waals surface area contributed by atoms with E-state index in [1.807, 2.05) is 11.9 Å². The molecule has 149 valence electrons. The molecule has 0 atom stereocenters. The van der Waals surface area contributed by atoms with Crippen molar-refractivity contribution in [2.24, 2.45) is 0 Å². The molecule has 0 spiro atoms. The molecule has 0 aromatic heterocycles. The van der Waals surface area contributed by atoms with Gasteiger partial charge in [-0.15, -0.1) is 0 Å². The third-order valence-electron chi connectivity index (χ3n) is 4.12. The predicted molar refractivity (Wildman–Crippen MR) is 81.8 cm³/mol. The minimum absolute atomic E-state index is 0. The summed E-state index contributed by atoms with van der Waals surface area (Å²) in [6.45, 7) is 2.87. The summed E-state index contributed by atoms with van der Waals surface area (Å²) in [5.74, 6) is -3.59. The van der Waals surface area contributed by atoms with Gasteiger partial charge < -0.3 is 34.6 Å². The Morgan fingerprint density at radius 2 is 0.846 bits per heavy atom. The third-order valence-corrected chi connectivity index (χ3v) is 4.12. The number of hydrogen-bond donors (Lipinski definition) is 0. The van der Waals surface area contributed by atoms with Crippen LogP contribution in [0, 0.1) is 39.9 Å². The van der Waals surface area contributed by atoms with E-state index in [0.717, 1.165) is 0 Å². The van der Waals surface area contributed by atoms with Crippen molar-refractivity contribution < 1.29 is 69.6 Å². The molecule has 1 heterocycles. The summed E-state index contributed by atoms with van der Waals surface area (Å²) in [6, 6.07) is 0. The third kappa shape index (κ3) is 12.1. The van der Waals surface area contributed by atoms with E-state index in [9.17, 15) is 29.7 Å². The van der Waals surface area contributed by atoms with Crippen LogP contribution in [0.15, 0.2) is 0 Å². The van der Waals surface area contributed by atoms with Gasteiger partial charge in [0.15, 0.2) is 0 Å². The van der Waals surface area contributed by atoms with E-state index in [0.29, 0.717) is 52.4 Å². The van der Waals surface area contributed by atoms with Gasteiger partial charge in [0, 0.05) is 72.0 Å². The topological polar surface area (TPSA) is 133 Å². The number of carbonyl (C=O) groups excluding carboxylic acids is 3. The number of carbonyl (C=O) groups is 3. The zero-order chi connectivity index (χ0) is 18.8. The number of carboxylic acids is 3. The van der Waals surface area contributed by atoms with Crippen LogP contribution in [0.3, 0.4) is 0 Å². The maximum Gasteiger partial charge on any atom is 3.00 e. The van der Waals surface area contributed by atoms with Gasteiger partial charge in [0.05, 0.1) is 17.9 Å². The molecule has 0 aromatic carbocycles. The molecule has 26 heavy (non-hydrogen) atoms.